The highest BCUT2D eigenvalue weighted by atomic mass is 32.2. The van der Waals surface area contributed by atoms with Gasteiger partial charge in [-0.05, 0) is 35.7 Å². The van der Waals surface area contributed by atoms with Crippen LogP contribution in [0.15, 0.2) is 40.6 Å². The van der Waals surface area contributed by atoms with Gasteiger partial charge < -0.3 is 11.1 Å². The second kappa shape index (κ2) is 6.98. The molecule has 6 heteroatoms. The van der Waals surface area contributed by atoms with Gasteiger partial charge in [0, 0.05) is 22.8 Å². The number of nitrogen functional groups attached to an aromatic ring is 1. The van der Waals surface area contributed by atoms with Crippen LogP contribution >= 0.6 is 23.1 Å². The number of nitriles is 1. The summed E-state index contributed by atoms with van der Waals surface area (Å²) >= 11 is 2.96. The molecular formula is C14H13N3OS2. The lowest BCUT2D eigenvalue weighted by Crippen LogP contribution is -2.11. The van der Waals surface area contributed by atoms with E-state index in [2.05, 4.69) is 5.32 Å². The van der Waals surface area contributed by atoms with Crippen molar-refractivity contribution < 1.29 is 4.79 Å². The smallest absolute Gasteiger partial charge is 0.225 e. The highest BCUT2D eigenvalue weighted by molar-refractivity contribution is 7.99. The number of benzene rings is 1. The van der Waals surface area contributed by atoms with Crippen molar-refractivity contribution in [2.75, 3.05) is 16.8 Å². The molecular weight excluding hydrogens is 290 g/mol. The largest absolute Gasteiger partial charge is 0.399 e. The van der Waals surface area contributed by atoms with E-state index in [1.807, 2.05) is 30.3 Å². The Hall–Kier alpha value is -1.97. The third-order valence-corrected chi connectivity index (χ3v) is 4.36. The quantitative estimate of drug-likeness (QED) is 0.656. The molecule has 0 aliphatic heterocycles. The first-order chi connectivity index (χ1) is 9.69. The number of hydrogen-bond acceptors (Lipinski definition) is 5. The summed E-state index contributed by atoms with van der Waals surface area (Å²) in [5.41, 5.74) is 6.85. The SMILES string of the molecule is N#Cc1ccsc1NC(=O)CCSc1ccc(N)cc1. The van der Waals surface area contributed by atoms with Gasteiger partial charge in [0.05, 0.1) is 5.56 Å². The lowest BCUT2D eigenvalue weighted by Gasteiger charge is -2.04. The van der Waals surface area contributed by atoms with Crippen LogP contribution in [0.5, 0.6) is 0 Å². The summed E-state index contributed by atoms with van der Waals surface area (Å²) in [6.07, 6.45) is 0.401. The fraction of sp³-hybridized carbons (Fsp3) is 0.143. The Morgan fingerprint density at radius 2 is 2.10 bits per heavy atom. The first-order valence-electron chi connectivity index (χ1n) is 5.95. The number of carbonyl (C=O) groups is 1. The maximum Gasteiger partial charge on any atom is 0.225 e. The minimum Gasteiger partial charge on any atom is -0.399 e. The molecule has 2 aromatic rings. The van der Waals surface area contributed by atoms with Gasteiger partial charge in [-0.15, -0.1) is 23.1 Å². The van der Waals surface area contributed by atoms with Crippen molar-refractivity contribution in [3.05, 3.63) is 41.3 Å². The zero-order valence-electron chi connectivity index (χ0n) is 10.6. The number of thiophene rings is 1. The van der Waals surface area contributed by atoms with Crippen LogP contribution < -0.4 is 11.1 Å². The molecule has 20 heavy (non-hydrogen) atoms. The zero-order valence-corrected chi connectivity index (χ0v) is 12.3. The van der Waals surface area contributed by atoms with Gasteiger partial charge in [-0.3, -0.25) is 4.79 Å². The van der Waals surface area contributed by atoms with E-state index in [0.29, 0.717) is 22.7 Å². The second-order valence-electron chi connectivity index (χ2n) is 3.99. The number of anilines is 2. The van der Waals surface area contributed by atoms with Crippen molar-refractivity contribution in [1.29, 1.82) is 5.26 Å². The van der Waals surface area contributed by atoms with Crippen molar-refractivity contribution in [2.24, 2.45) is 0 Å². The topological polar surface area (TPSA) is 78.9 Å². The molecule has 102 valence electrons. The van der Waals surface area contributed by atoms with Crippen LogP contribution in [0.4, 0.5) is 10.7 Å². The average Bonchev–Trinajstić information content (AvgIpc) is 2.88. The molecule has 4 nitrogen and oxygen atoms in total. The molecule has 0 fully saturated rings. The van der Waals surface area contributed by atoms with Gasteiger partial charge in [-0.2, -0.15) is 5.26 Å². The number of nitrogens with zero attached hydrogens (tertiary/aromatic N) is 1. The molecule has 0 atom stereocenters. The van der Waals surface area contributed by atoms with Crippen LogP contribution in [-0.4, -0.2) is 11.7 Å². The third-order valence-electron chi connectivity index (χ3n) is 2.52. The van der Waals surface area contributed by atoms with E-state index in [4.69, 9.17) is 11.0 Å². The van der Waals surface area contributed by atoms with Gasteiger partial charge in [0.25, 0.3) is 0 Å². The van der Waals surface area contributed by atoms with Crippen LogP contribution in [0, 0.1) is 11.3 Å². The van der Waals surface area contributed by atoms with Crippen molar-refractivity contribution in [3.8, 4) is 6.07 Å². The van der Waals surface area contributed by atoms with Gasteiger partial charge in [0.2, 0.25) is 5.91 Å². The minimum absolute atomic E-state index is 0.0769. The van der Waals surface area contributed by atoms with Crippen LogP contribution in [0.25, 0.3) is 0 Å². The monoisotopic (exact) mass is 303 g/mol. The molecule has 0 spiro atoms. The molecule has 0 aliphatic rings. The third kappa shape index (κ3) is 4.02. The Morgan fingerprint density at radius 1 is 1.35 bits per heavy atom. The lowest BCUT2D eigenvalue weighted by molar-refractivity contribution is -0.115. The number of carbonyl (C=O) groups excluding carboxylic acids is 1. The van der Waals surface area contributed by atoms with Crippen LogP contribution in [0.1, 0.15) is 12.0 Å². The highest BCUT2D eigenvalue weighted by Crippen LogP contribution is 2.23. The summed E-state index contributed by atoms with van der Waals surface area (Å²) in [7, 11) is 0. The van der Waals surface area contributed by atoms with Crippen LogP contribution in [0.2, 0.25) is 0 Å². The molecule has 1 heterocycles. The van der Waals surface area contributed by atoms with E-state index in [0.717, 1.165) is 10.6 Å². The molecule has 1 amide bonds. The molecule has 1 aromatic heterocycles. The Labute approximate surface area is 125 Å². The van der Waals surface area contributed by atoms with Gasteiger partial charge >= 0.3 is 0 Å². The average molecular weight is 303 g/mol. The molecule has 0 unspecified atom stereocenters. The van der Waals surface area contributed by atoms with E-state index in [1.54, 1.807) is 23.2 Å². The van der Waals surface area contributed by atoms with E-state index in [9.17, 15) is 4.79 Å². The summed E-state index contributed by atoms with van der Waals surface area (Å²) in [4.78, 5) is 12.9. The predicted octanol–water partition coefficient (Wildman–Crippen LogP) is 3.32. The Morgan fingerprint density at radius 3 is 2.80 bits per heavy atom. The zero-order chi connectivity index (χ0) is 14.4. The van der Waals surface area contributed by atoms with Gasteiger partial charge in [-0.1, -0.05) is 0 Å². The normalized spacial score (nSPS) is 9.95. The predicted molar refractivity (Wildman–Crippen MR) is 83.9 cm³/mol. The molecule has 0 saturated carbocycles. The number of nitrogens with one attached hydrogen (secondary N) is 1. The maximum atomic E-state index is 11.8. The standard InChI is InChI=1S/C14H13N3OS2/c15-9-10-5-7-20-14(10)17-13(18)6-8-19-12-3-1-11(16)2-4-12/h1-5,7H,6,8,16H2,(H,17,18). The summed E-state index contributed by atoms with van der Waals surface area (Å²) in [6, 6.07) is 11.3. The molecule has 2 rings (SSSR count). The van der Waals surface area contributed by atoms with Crippen LogP contribution in [0.3, 0.4) is 0 Å². The molecule has 1 aromatic carbocycles. The van der Waals surface area contributed by atoms with Gasteiger partial charge in [-0.25, -0.2) is 0 Å². The van der Waals surface area contributed by atoms with E-state index >= 15 is 0 Å². The van der Waals surface area contributed by atoms with Crippen molar-refractivity contribution in [3.63, 3.8) is 0 Å². The number of amides is 1. The molecule has 0 saturated heterocycles. The van der Waals surface area contributed by atoms with E-state index in [1.165, 1.54) is 11.3 Å². The fourth-order valence-corrected chi connectivity index (χ4v) is 3.11. The molecule has 0 bridgehead atoms. The fourth-order valence-electron chi connectivity index (χ4n) is 1.51. The van der Waals surface area contributed by atoms with Crippen LogP contribution in [-0.2, 0) is 4.79 Å². The maximum absolute atomic E-state index is 11.8. The molecule has 3 N–H and O–H groups in total. The number of rotatable bonds is 5. The van der Waals surface area contributed by atoms with Gasteiger partial charge in [0.1, 0.15) is 11.1 Å². The van der Waals surface area contributed by atoms with Crippen molar-refractivity contribution in [2.45, 2.75) is 11.3 Å². The number of thioether (sulfide) groups is 1. The van der Waals surface area contributed by atoms with Gasteiger partial charge in [0.15, 0.2) is 0 Å². The minimum atomic E-state index is -0.0769. The van der Waals surface area contributed by atoms with E-state index < -0.39 is 0 Å². The highest BCUT2D eigenvalue weighted by Gasteiger charge is 2.08. The summed E-state index contributed by atoms with van der Waals surface area (Å²) in [5.74, 6) is 0.607. The van der Waals surface area contributed by atoms with Crippen molar-refractivity contribution in [1.82, 2.24) is 0 Å². The molecule has 0 aliphatic carbocycles. The molecule has 0 radical (unpaired) electrons. The van der Waals surface area contributed by atoms with Crippen molar-refractivity contribution >= 4 is 39.7 Å². The summed E-state index contributed by atoms with van der Waals surface area (Å²) in [6.45, 7) is 0. The van der Waals surface area contributed by atoms with E-state index in [-0.39, 0.29) is 5.91 Å². The second-order valence-corrected chi connectivity index (χ2v) is 6.08. The number of nitrogens with two attached hydrogens (primary N) is 1. The first kappa shape index (κ1) is 14.4. The summed E-state index contributed by atoms with van der Waals surface area (Å²) in [5, 5.41) is 14.0. The first-order valence-corrected chi connectivity index (χ1v) is 7.81. The Balaban J connectivity index is 1.78. The number of hydrogen-bond donors (Lipinski definition) is 2. The lowest BCUT2D eigenvalue weighted by atomic mass is 10.3. The Bertz CT molecular complexity index is 629. The summed E-state index contributed by atoms with van der Waals surface area (Å²) < 4.78 is 0. The Kier molecular flexibility index (Phi) is 5.04.